The van der Waals surface area contributed by atoms with E-state index in [4.69, 9.17) is 9.47 Å². The largest absolute Gasteiger partial charge is 0.492 e. The van der Waals surface area contributed by atoms with Crippen LogP contribution in [0, 0.1) is 0 Å². The highest BCUT2D eigenvalue weighted by atomic mass is 16.5. The molecule has 0 saturated carbocycles. The van der Waals surface area contributed by atoms with Gasteiger partial charge in [0.15, 0.2) is 6.10 Å². The fourth-order valence-corrected chi connectivity index (χ4v) is 3.00. The molecule has 3 aromatic carbocycles. The number of carbonyl (C=O) groups is 1. The molecule has 1 N–H and O–H groups in total. The monoisotopic (exact) mass is 377 g/mol. The first kappa shape index (κ1) is 19.7. The number of nitrogens with one attached hydrogen (secondary N) is 1. The molecule has 146 valence electrons. The molecule has 4 nitrogen and oxygen atoms in total. The van der Waals surface area contributed by atoms with E-state index in [9.17, 15) is 4.79 Å². The molecule has 0 radical (unpaired) electrons. The third-order valence-corrected chi connectivity index (χ3v) is 4.66. The molecular weight excluding hydrogens is 350 g/mol. The Morgan fingerprint density at radius 3 is 2.36 bits per heavy atom. The Kier molecular flexibility index (Phi) is 6.90. The molecule has 1 atom stereocenters. The van der Waals surface area contributed by atoms with Crippen molar-refractivity contribution in [1.82, 2.24) is 5.32 Å². The third-order valence-electron chi connectivity index (χ3n) is 4.66. The van der Waals surface area contributed by atoms with Crippen molar-refractivity contribution >= 4 is 16.7 Å². The summed E-state index contributed by atoms with van der Waals surface area (Å²) in [5, 5.41) is 5.21. The summed E-state index contributed by atoms with van der Waals surface area (Å²) in [5.41, 5.74) is 1.25. The maximum absolute atomic E-state index is 12.4. The first-order valence-corrected chi connectivity index (χ1v) is 9.84. The van der Waals surface area contributed by atoms with Crippen LogP contribution >= 0.6 is 0 Å². The van der Waals surface area contributed by atoms with Crippen LogP contribution in [0.2, 0.25) is 0 Å². The van der Waals surface area contributed by atoms with Gasteiger partial charge in [0.05, 0.1) is 6.54 Å². The molecule has 0 aromatic heterocycles. The van der Waals surface area contributed by atoms with Gasteiger partial charge in [-0.15, -0.1) is 0 Å². The lowest BCUT2D eigenvalue weighted by molar-refractivity contribution is -0.128. The predicted octanol–water partition coefficient (Wildman–Crippen LogP) is 4.75. The van der Waals surface area contributed by atoms with Crippen molar-refractivity contribution in [3.05, 3.63) is 72.3 Å². The van der Waals surface area contributed by atoms with Gasteiger partial charge in [0.1, 0.15) is 18.1 Å². The van der Waals surface area contributed by atoms with Crippen molar-refractivity contribution in [2.24, 2.45) is 0 Å². The molecule has 1 amide bonds. The number of rotatable bonds is 9. The van der Waals surface area contributed by atoms with Crippen molar-refractivity contribution in [2.45, 2.75) is 32.8 Å². The molecule has 0 heterocycles. The van der Waals surface area contributed by atoms with Gasteiger partial charge in [-0.3, -0.25) is 4.79 Å². The number of fused-ring (bicyclic) bond motifs is 1. The number of aryl methyl sites for hydroxylation is 1. The first-order chi connectivity index (χ1) is 13.7. The fourth-order valence-electron chi connectivity index (χ4n) is 3.00. The Bertz CT molecular complexity index is 905. The van der Waals surface area contributed by atoms with E-state index in [0.717, 1.165) is 17.6 Å². The van der Waals surface area contributed by atoms with Gasteiger partial charge in [-0.05, 0) is 53.4 Å². The van der Waals surface area contributed by atoms with Gasteiger partial charge in [-0.2, -0.15) is 0 Å². The van der Waals surface area contributed by atoms with E-state index >= 15 is 0 Å². The van der Waals surface area contributed by atoms with Crippen LogP contribution in [0.25, 0.3) is 10.8 Å². The van der Waals surface area contributed by atoms with E-state index < -0.39 is 6.10 Å². The van der Waals surface area contributed by atoms with E-state index in [2.05, 4.69) is 24.4 Å². The van der Waals surface area contributed by atoms with E-state index in [-0.39, 0.29) is 5.91 Å². The Morgan fingerprint density at radius 1 is 0.929 bits per heavy atom. The molecule has 28 heavy (non-hydrogen) atoms. The second-order valence-electron chi connectivity index (χ2n) is 6.66. The van der Waals surface area contributed by atoms with Crippen LogP contribution in [0.15, 0.2) is 66.7 Å². The Morgan fingerprint density at radius 2 is 1.64 bits per heavy atom. The summed E-state index contributed by atoms with van der Waals surface area (Å²) in [6.07, 6.45) is 1.08. The second kappa shape index (κ2) is 9.79. The number of carbonyl (C=O) groups excluding carboxylic acids is 1. The molecule has 3 rings (SSSR count). The molecule has 0 bridgehead atoms. The van der Waals surface area contributed by atoms with Crippen LogP contribution in [-0.4, -0.2) is 25.2 Å². The van der Waals surface area contributed by atoms with Gasteiger partial charge >= 0.3 is 0 Å². The van der Waals surface area contributed by atoms with Crippen molar-refractivity contribution in [2.75, 3.05) is 13.2 Å². The number of ether oxygens (including phenoxy) is 2. The van der Waals surface area contributed by atoms with Crippen LogP contribution in [0.3, 0.4) is 0 Å². The highest BCUT2D eigenvalue weighted by molar-refractivity contribution is 5.83. The van der Waals surface area contributed by atoms with E-state index in [1.165, 1.54) is 10.9 Å². The summed E-state index contributed by atoms with van der Waals surface area (Å²) < 4.78 is 11.6. The molecule has 3 aromatic rings. The zero-order valence-corrected chi connectivity index (χ0v) is 16.5. The second-order valence-corrected chi connectivity index (χ2v) is 6.66. The van der Waals surface area contributed by atoms with E-state index in [1.54, 1.807) is 0 Å². The zero-order valence-electron chi connectivity index (χ0n) is 16.5. The first-order valence-electron chi connectivity index (χ1n) is 9.84. The minimum Gasteiger partial charge on any atom is -0.492 e. The van der Waals surface area contributed by atoms with Gasteiger partial charge in [0.2, 0.25) is 0 Å². The molecule has 0 saturated heterocycles. The fraction of sp³-hybridized carbons (Fsp3) is 0.292. The number of amides is 1. The van der Waals surface area contributed by atoms with Crippen molar-refractivity contribution < 1.29 is 14.3 Å². The topological polar surface area (TPSA) is 47.6 Å². The zero-order chi connectivity index (χ0) is 19.8. The van der Waals surface area contributed by atoms with Crippen LogP contribution in [0.5, 0.6) is 11.5 Å². The average molecular weight is 377 g/mol. The maximum atomic E-state index is 12.4. The SMILES string of the molecule is CCc1ccc(OC(CC)C(=O)NCCOc2ccc3ccccc3c2)cc1. The van der Waals surface area contributed by atoms with Crippen molar-refractivity contribution in [1.29, 1.82) is 0 Å². The molecular formula is C24H27NO3. The Balaban J connectivity index is 1.46. The lowest BCUT2D eigenvalue weighted by Gasteiger charge is -2.17. The van der Waals surface area contributed by atoms with Crippen LogP contribution in [0.4, 0.5) is 0 Å². The molecule has 0 aliphatic heterocycles. The molecule has 0 fully saturated rings. The lowest BCUT2D eigenvalue weighted by atomic mass is 10.1. The number of hydrogen-bond donors (Lipinski definition) is 1. The molecule has 0 aliphatic rings. The summed E-state index contributed by atoms with van der Waals surface area (Å²) in [6.45, 7) is 4.89. The summed E-state index contributed by atoms with van der Waals surface area (Å²) in [5.74, 6) is 1.39. The summed E-state index contributed by atoms with van der Waals surface area (Å²) in [4.78, 5) is 12.4. The van der Waals surface area contributed by atoms with E-state index in [0.29, 0.717) is 25.3 Å². The normalized spacial score (nSPS) is 11.8. The molecule has 0 spiro atoms. The Hall–Kier alpha value is -3.01. The van der Waals surface area contributed by atoms with Gasteiger partial charge in [-0.1, -0.05) is 56.3 Å². The van der Waals surface area contributed by atoms with Crippen molar-refractivity contribution in [3.8, 4) is 11.5 Å². The number of benzene rings is 3. The highest BCUT2D eigenvalue weighted by Crippen LogP contribution is 2.20. The van der Waals surface area contributed by atoms with Gasteiger partial charge in [0, 0.05) is 0 Å². The highest BCUT2D eigenvalue weighted by Gasteiger charge is 2.17. The minimum absolute atomic E-state index is 0.121. The number of hydrogen-bond acceptors (Lipinski definition) is 3. The quantitative estimate of drug-likeness (QED) is 0.547. The molecule has 1 unspecified atom stereocenters. The van der Waals surface area contributed by atoms with Crippen LogP contribution in [0.1, 0.15) is 25.8 Å². The summed E-state index contributed by atoms with van der Waals surface area (Å²) >= 11 is 0. The van der Waals surface area contributed by atoms with Gasteiger partial charge in [-0.25, -0.2) is 0 Å². The molecule has 0 aliphatic carbocycles. The Labute approximate surface area is 166 Å². The molecule has 4 heteroatoms. The average Bonchev–Trinajstić information content (AvgIpc) is 2.75. The predicted molar refractivity (Wildman–Crippen MR) is 113 cm³/mol. The lowest BCUT2D eigenvalue weighted by Crippen LogP contribution is -2.39. The van der Waals surface area contributed by atoms with Crippen molar-refractivity contribution in [3.63, 3.8) is 0 Å². The van der Waals surface area contributed by atoms with E-state index in [1.807, 2.05) is 61.5 Å². The van der Waals surface area contributed by atoms with Crippen LogP contribution in [-0.2, 0) is 11.2 Å². The van der Waals surface area contributed by atoms with Gasteiger partial charge < -0.3 is 14.8 Å². The summed E-state index contributed by atoms with van der Waals surface area (Å²) in [7, 11) is 0. The smallest absolute Gasteiger partial charge is 0.261 e. The standard InChI is InChI=1S/C24H27NO3/c1-3-18-9-12-21(13-10-18)28-23(4-2)24(26)25-15-16-27-22-14-11-19-7-5-6-8-20(19)17-22/h5-14,17,23H,3-4,15-16H2,1-2H3,(H,25,26). The van der Waals surface area contributed by atoms with Gasteiger partial charge in [0.25, 0.3) is 5.91 Å². The van der Waals surface area contributed by atoms with Crippen LogP contribution < -0.4 is 14.8 Å². The summed E-state index contributed by atoms with van der Waals surface area (Å²) in [6, 6.07) is 22.0. The maximum Gasteiger partial charge on any atom is 0.261 e. The third kappa shape index (κ3) is 5.26. The minimum atomic E-state index is -0.506.